The smallest absolute Gasteiger partial charge is 0.475 e. The molecule has 0 saturated carbocycles. The summed E-state index contributed by atoms with van der Waals surface area (Å²) in [4.78, 5) is 38.1. The number of aliphatic hydroxyl groups is 1. The fourth-order valence-corrected chi connectivity index (χ4v) is 6.65. The van der Waals surface area contributed by atoms with Crippen molar-refractivity contribution in [1.29, 1.82) is 0 Å². The summed E-state index contributed by atoms with van der Waals surface area (Å²) in [5, 5.41) is 24.7. The number of halogens is 11. The number of nitrogens with two attached hydrogens (primary N) is 2. The maximum atomic E-state index is 16.3. The van der Waals surface area contributed by atoms with Gasteiger partial charge in [0.1, 0.15) is 41.3 Å². The third-order valence-corrected chi connectivity index (χ3v) is 8.86. The number of hydrogen-bond acceptors (Lipinski definition) is 12. The highest BCUT2D eigenvalue weighted by Crippen LogP contribution is 2.42. The number of carboxylic acid groups (broad SMARTS) is 2. The highest BCUT2D eigenvalue weighted by molar-refractivity contribution is 5.92. The highest BCUT2D eigenvalue weighted by atomic mass is 19.4. The Labute approximate surface area is 308 Å². The number of carboxylic acids is 2. The molecule has 6 rings (SSSR count). The lowest BCUT2D eigenvalue weighted by molar-refractivity contribution is -0.193. The minimum atomic E-state index is -5.08. The lowest BCUT2D eigenvalue weighted by Crippen LogP contribution is -2.49. The molecule has 7 N–H and O–H groups in total. The van der Waals surface area contributed by atoms with Gasteiger partial charge in [0.25, 0.3) is 0 Å². The maximum absolute atomic E-state index is 16.3. The van der Waals surface area contributed by atoms with Crippen LogP contribution in [-0.4, -0.2) is 121 Å². The summed E-state index contributed by atoms with van der Waals surface area (Å²) in [5.41, 5.74) is 8.12. The molecule has 3 saturated heterocycles. The fourth-order valence-electron chi connectivity index (χ4n) is 6.65. The van der Waals surface area contributed by atoms with Crippen LogP contribution in [-0.2, 0) is 15.8 Å². The van der Waals surface area contributed by atoms with Crippen molar-refractivity contribution in [2.75, 3.05) is 43.4 Å². The molecule has 3 aliphatic heterocycles. The normalized spacial score (nSPS) is 22.8. The quantitative estimate of drug-likeness (QED) is 0.228. The highest BCUT2D eigenvalue weighted by Gasteiger charge is 2.49. The first-order valence-electron chi connectivity index (χ1n) is 16.2. The lowest BCUT2D eigenvalue weighted by Gasteiger charge is -2.35. The molecular formula is C31H33F11N8O6. The Bertz CT molecular complexity index is 1900. The number of anilines is 2. The Morgan fingerprint density at radius 1 is 0.982 bits per heavy atom. The van der Waals surface area contributed by atoms with Gasteiger partial charge < -0.3 is 36.4 Å². The van der Waals surface area contributed by atoms with Gasteiger partial charge in [0.15, 0.2) is 5.82 Å². The van der Waals surface area contributed by atoms with Crippen molar-refractivity contribution in [2.45, 2.75) is 75.0 Å². The summed E-state index contributed by atoms with van der Waals surface area (Å²) in [6, 6.07) is 0.400. The molecule has 0 bridgehead atoms. The average molecular weight is 823 g/mol. The van der Waals surface area contributed by atoms with E-state index in [1.54, 1.807) is 4.90 Å². The predicted octanol–water partition coefficient (Wildman–Crippen LogP) is 4.26. The zero-order valence-electron chi connectivity index (χ0n) is 28.8. The van der Waals surface area contributed by atoms with Crippen LogP contribution in [0.5, 0.6) is 6.01 Å². The summed E-state index contributed by atoms with van der Waals surface area (Å²) >= 11 is 0. The molecule has 0 amide bonds. The number of piperidine rings is 1. The molecule has 0 spiro atoms. The van der Waals surface area contributed by atoms with E-state index >= 15 is 4.39 Å². The van der Waals surface area contributed by atoms with Gasteiger partial charge in [0, 0.05) is 38.3 Å². The molecule has 4 atom stereocenters. The van der Waals surface area contributed by atoms with Gasteiger partial charge in [-0.3, -0.25) is 9.88 Å². The standard InChI is InChI=1S/C27H31F5N8O2.2C2HF3O2/c1-13-5-18(34)36-22(19(13)27(30,31)32)23-20(29)21-17(8-35-23)24(39-10-15(33)6-16(41)11-39)38-25(37-21)42-12-26-3-2-4-40(26)9-14(28)7-26;2*3-2(4,5)1(6)7/h5,8,14-16,41H,2-4,6-7,9-12,33H2,1H3,(H2,34,36);2*(H,6,7)/t14-,15+,16+,26+;;/m1../s1. The van der Waals surface area contributed by atoms with E-state index in [4.69, 9.17) is 36.0 Å². The van der Waals surface area contributed by atoms with Crippen LogP contribution >= 0.6 is 0 Å². The van der Waals surface area contributed by atoms with Crippen LogP contribution < -0.4 is 21.1 Å². The number of fused-ring (bicyclic) bond motifs is 2. The number of alkyl halides is 10. The molecule has 3 aliphatic rings. The largest absolute Gasteiger partial charge is 0.490 e. The summed E-state index contributed by atoms with van der Waals surface area (Å²) in [6.45, 7) is 2.68. The van der Waals surface area contributed by atoms with Gasteiger partial charge in [-0.2, -0.15) is 49.5 Å². The third-order valence-electron chi connectivity index (χ3n) is 8.86. The van der Waals surface area contributed by atoms with Gasteiger partial charge in [0.2, 0.25) is 0 Å². The van der Waals surface area contributed by atoms with Crippen LogP contribution in [0, 0.1) is 12.7 Å². The van der Waals surface area contributed by atoms with Crippen molar-refractivity contribution in [3.8, 4) is 17.4 Å². The van der Waals surface area contributed by atoms with Crippen LogP contribution in [0.25, 0.3) is 22.3 Å². The van der Waals surface area contributed by atoms with E-state index in [0.717, 1.165) is 19.0 Å². The molecule has 310 valence electrons. The van der Waals surface area contributed by atoms with E-state index in [0.29, 0.717) is 19.4 Å². The Kier molecular flexibility index (Phi) is 12.7. The molecule has 0 radical (unpaired) electrons. The number of ether oxygens (including phenoxy) is 1. The second kappa shape index (κ2) is 16.3. The molecule has 0 aromatic carbocycles. The van der Waals surface area contributed by atoms with E-state index in [1.165, 1.54) is 13.1 Å². The molecular weight excluding hydrogens is 789 g/mol. The number of carbonyl (C=O) groups is 2. The van der Waals surface area contributed by atoms with Gasteiger partial charge in [-0.15, -0.1) is 0 Å². The molecule has 3 fully saturated rings. The first kappa shape index (κ1) is 43.8. The predicted molar refractivity (Wildman–Crippen MR) is 171 cm³/mol. The van der Waals surface area contributed by atoms with Crippen molar-refractivity contribution in [2.24, 2.45) is 5.73 Å². The van der Waals surface area contributed by atoms with Gasteiger partial charge in [-0.1, -0.05) is 0 Å². The number of rotatable bonds is 5. The Hall–Kier alpha value is -4.91. The minimum Gasteiger partial charge on any atom is -0.475 e. The molecule has 56 heavy (non-hydrogen) atoms. The molecule has 3 aromatic rings. The Balaban J connectivity index is 0.000000425. The second-order valence-corrected chi connectivity index (χ2v) is 13.1. The number of nitrogen functional groups attached to an aromatic ring is 1. The number of aliphatic hydroxyl groups excluding tert-OH is 1. The summed E-state index contributed by atoms with van der Waals surface area (Å²) in [5.74, 6) is -6.76. The van der Waals surface area contributed by atoms with Crippen LogP contribution in [0.2, 0.25) is 0 Å². The van der Waals surface area contributed by atoms with Crippen molar-refractivity contribution in [3.63, 3.8) is 0 Å². The average Bonchev–Trinajstić information content (AvgIpc) is 3.57. The Morgan fingerprint density at radius 2 is 1.59 bits per heavy atom. The molecule has 14 nitrogen and oxygen atoms in total. The van der Waals surface area contributed by atoms with Crippen LogP contribution in [0.3, 0.4) is 0 Å². The molecule has 25 heteroatoms. The monoisotopic (exact) mass is 822 g/mol. The SMILES string of the molecule is Cc1cc(N)nc(-c2ncc3c(N4C[C@@H](N)C[C@H](O)C4)nc(OC[C@@]45CCCN4C[C@H](F)C5)nc3c2F)c1C(F)(F)F.O=C(O)C(F)(F)F.O=C(O)C(F)(F)F. The summed E-state index contributed by atoms with van der Waals surface area (Å²) in [6.07, 6.45) is -13.4. The van der Waals surface area contributed by atoms with Crippen molar-refractivity contribution < 1.29 is 77.9 Å². The maximum Gasteiger partial charge on any atom is 0.490 e. The zero-order chi connectivity index (χ0) is 42.1. The summed E-state index contributed by atoms with van der Waals surface area (Å²) < 4.78 is 142. The van der Waals surface area contributed by atoms with Crippen LogP contribution in [0.4, 0.5) is 59.9 Å². The van der Waals surface area contributed by atoms with E-state index < -0.39 is 77.1 Å². The number of hydrogen-bond donors (Lipinski definition) is 5. The molecule has 0 aliphatic carbocycles. The zero-order valence-corrected chi connectivity index (χ0v) is 28.8. The minimum absolute atomic E-state index is 0.0499. The first-order valence-corrected chi connectivity index (χ1v) is 16.2. The number of aromatic nitrogens is 4. The van der Waals surface area contributed by atoms with Gasteiger partial charge in [0.05, 0.1) is 22.6 Å². The third kappa shape index (κ3) is 10.1. The van der Waals surface area contributed by atoms with Crippen molar-refractivity contribution >= 4 is 34.5 Å². The van der Waals surface area contributed by atoms with Gasteiger partial charge in [-0.05, 0) is 44.4 Å². The van der Waals surface area contributed by atoms with Crippen molar-refractivity contribution in [3.05, 3.63) is 29.2 Å². The van der Waals surface area contributed by atoms with E-state index in [9.17, 15) is 49.0 Å². The Morgan fingerprint density at radius 3 is 2.14 bits per heavy atom. The van der Waals surface area contributed by atoms with E-state index in [2.05, 4.69) is 19.9 Å². The van der Waals surface area contributed by atoms with Crippen molar-refractivity contribution in [1.82, 2.24) is 24.8 Å². The van der Waals surface area contributed by atoms with Crippen LogP contribution in [0.15, 0.2) is 12.3 Å². The number of nitrogens with zero attached hydrogens (tertiary/aromatic N) is 6. The van der Waals surface area contributed by atoms with E-state index in [-0.39, 0.29) is 60.2 Å². The van der Waals surface area contributed by atoms with Gasteiger partial charge in [-0.25, -0.2) is 23.4 Å². The topological polar surface area (TPSA) is 214 Å². The number of aliphatic carboxylic acids is 2. The second-order valence-electron chi connectivity index (χ2n) is 13.1. The van der Waals surface area contributed by atoms with Gasteiger partial charge >= 0.3 is 36.5 Å². The number of aryl methyl sites for hydroxylation is 1. The first-order chi connectivity index (χ1) is 25.7. The van der Waals surface area contributed by atoms with E-state index in [1.807, 2.05) is 4.90 Å². The van der Waals surface area contributed by atoms with Crippen LogP contribution in [0.1, 0.15) is 36.8 Å². The lowest BCUT2D eigenvalue weighted by atomic mass is 9.95. The fraction of sp³-hybridized carbons (Fsp3) is 0.548. The molecule has 3 aromatic heterocycles. The summed E-state index contributed by atoms with van der Waals surface area (Å²) in [7, 11) is 0. The molecule has 0 unspecified atom stereocenters. The molecule has 6 heterocycles. The number of pyridine rings is 2. The number of β-amino-alcohol motifs (C(OH)–C–C–N with tert-alkyl or cyclic N) is 1.